The molecule has 2 atom stereocenters. The summed E-state index contributed by atoms with van der Waals surface area (Å²) in [6, 6.07) is 14.2. The van der Waals surface area contributed by atoms with Crippen molar-refractivity contribution in [2.24, 2.45) is 0 Å². The number of methoxy groups -OCH3 is 1. The fourth-order valence-electron chi connectivity index (χ4n) is 3.65. The Hall–Kier alpha value is -3.18. The van der Waals surface area contributed by atoms with Crippen LogP contribution in [0.5, 0.6) is 5.88 Å². The topological polar surface area (TPSA) is 54.4 Å². The molecule has 1 unspecified atom stereocenters. The molecule has 0 saturated heterocycles. The van der Waals surface area contributed by atoms with Crippen LogP contribution in [-0.4, -0.2) is 36.0 Å². The van der Waals surface area contributed by atoms with Gasteiger partial charge in [-0.05, 0) is 35.4 Å². The maximum absolute atomic E-state index is 14.5. The van der Waals surface area contributed by atoms with Crippen molar-refractivity contribution in [3.8, 4) is 5.88 Å². The minimum absolute atomic E-state index is 0.0329. The molecule has 0 fully saturated rings. The lowest BCUT2D eigenvalue weighted by Gasteiger charge is -2.37. The van der Waals surface area contributed by atoms with Gasteiger partial charge in [0.15, 0.2) is 6.10 Å². The summed E-state index contributed by atoms with van der Waals surface area (Å²) >= 11 is 0. The number of hydrogen-bond acceptors (Lipinski definition) is 4. The van der Waals surface area contributed by atoms with Crippen LogP contribution in [0, 0.1) is 5.82 Å². The van der Waals surface area contributed by atoms with Crippen LogP contribution in [0.2, 0.25) is 0 Å². The second-order valence-corrected chi connectivity index (χ2v) is 7.80. The molecular formula is C24H21F7N2O2. The Balaban J connectivity index is 2.29. The molecule has 0 amide bonds. The van der Waals surface area contributed by atoms with Gasteiger partial charge in [0, 0.05) is 19.0 Å². The Morgan fingerprint density at radius 3 is 2.17 bits per heavy atom. The van der Waals surface area contributed by atoms with Crippen molar-refractivity contribution >= 4 is 0 Å². The minimum atomic E-state index is -5.01. The maximum Gasteiger partial charge on any atom is 0.416 e. The smallest absolute Gasteiger partial charge is 0.416 e. The number of halogens is 7. The zero-order chi connectivity index (χ0) is 25.9. The molecular weight excluding hydrogens is 481 g/mol. The van der Waals surface area contributed by atoms with Crippen LogP contribution in [0.3, 0.4) is 0 Å². The highest BCUT2D eigenvalue weighted by atomic mass is 19.4. The third kappa shape index (κ3) is 6.29. The summed E-state index contributed by atoms with van der Waals surface area (Å²) < 4.78 is 99.6. The van der Waals surface area contributed by atoms with Gasteiger partial charge in [0.1, 0.15) is 5.82 Å². The van der Waals surface area contributed by atoms with E-state index < -0.39 is 41.9 Å². The monoisotopic (exact) mass is 502 g/mol. The summed E-state index contributed by atoms with van der Waals surface area (Å²) in [7, 11) is 1.29. The van der Waals surface area contributed by atoms with Gasteiger partial charge in [-0.15, -0.1) is 0 Å². The van der Waals surface area contributed by atoms with Crippen molar-refractivity contribution < 1.29 is 40.6 Å². The molecule has 11 heteroatoms. The highest BCUT2D eigenvalue weighted by Gasteiger charge is 2.43. The molecule has 0 aliphatic carbocycles. The number of nitrogens with zero attached hydrogens (tertiary/aromatic N) is 1. The SMILES string of the molecule is COc1cccc([C@@](Cc2ccccc2)(NCC(O)C(F)(F)F)c2cc(F)cc(C(F)(F)F)c2)n1. The number of hydrogen-bond donors (Lipinski definition) is 2. The Bertz CT molecular complexity index is 1140. The summed E-state index contributed by atoms with van der Waals surface area (Å²) in [6.45, 7) is -1.10. The van der Waals surface area contributed by atoms with Gasteiger partial charge >= 0.3 is 12.4 Å². The first-order valence-electron chi connectivity index (χ1n) is 10.3. The number of aliphatic hydroxyl groups is 1. The van der Waals surface area contributed by atoms with Crippen LogP contribution in [0.4, 0.5) is 30.7 Å². The molecule has 0 bridgehead atoms. The van der Waals surface area contributed by atoms with Gasteiger partial charge in [-0.25, -0.2) is 9.37 Å². The van der Waals surface area contributed by atoms with Crippen LogP contribution in [0.15, 0.2) is 66.7 Å². The van der Waals surface area contributed by atoms with E-state index in [4.69, 9.17) is 4.74 Å². The van der Waals surface area contributed by atoms with E-state index in [1.165, 1.54) is 25.3 Å². The molecule has 1 aromatic heterocycles. The summed E-state index contributed by atoms with van der Waals surface area (Å²) in [5.41, 5.74) is -3.10. The zero-order valence-electron chi connectivity index (χ0n) is 18.3. The lowest BCUT2D eigenvalue weighted by atomic mass is 9.79. The van der Waals surface area contributed by atoms with Crippen LogP contribution < -0.4 is 10.1 Å². The minimum Gasteiger partial charge on any atom is -0.481 e. The number of rotatable bonds is 8. The van der Waals surface area contributed by atoms with E-state index in [1.807, 2.05) is 0 Å². The molecule has 1 heterocycles. The van der Waals surface area contributed by atoms with Gasteiger partial charge in [0.2, 0.25) is 5.88 Å². The van der Waals surface area contributed by atoms with Crippen molar-refractivity contribution in [1.29, 1.82) is 0 Å². The molecule has 3 rings (SSSR count). The second kappa shape index (κ2) is 10.2. The number of aromatic nitrogens is 1. The molecule has 2 aromatic carbocycles. The molecule has 0 saturated carbocycles. The van der Waals surface area contributed by atoms with E-state index in [0.717, 1.165) is 6.07 Å². The summed E-state index contributed by atoms with van der Waals surface area (Å²) in [4.78, 5) is 4.25. The first kappa shape index (κ1) is 26.4. The number of pyridine rings is 1. The lowest BCUT2D eigenvalue weighted by molar-refractivity contribution is -0.202. The number of ether oxygens (including phenoxy) is 1. The maximum atomic E-state index is 14.5. The normalized spacial score (nSPS) is 14.9. The Morgan fingerprint density at radius 1 is 0.914 bits per heavy atom. The van der Waals surface area contributed by atoms with Gasteiger partial charge < -0.3 is 9.84 Å². The van der Waals surface area contributed by atoms with E-state index in [9.17, 15) is 35.8 Å². The van der Waals surface area contributed by atoms with E-state index in [0.29, 0.717) is 17.7 Å². The van der Waals surface area contributed by atoms with E-state index in [-0.39, 0.29) is 23.6 Å². The van der Waals surface area contributed by atoms with Crippen LogP contribution >= 0.6 is 0 Å². The highest BCUT2D eigenvalue weighted by Crippen LogP contribution is 2.38. The van der Waals surface area contributed by atoms with Crippen molar-refractivity contribution in [1.82, 2.24) is 10.3 Å². The summed E-state index contributed by atoms with van der Waals surface area (Å²) in [6.07, 6.45) is -13.0. The number of nitrogens with one attached hydrogen (secondary N) is 1. The van der Waals surface area contributed by atoms with Crippen LogP contribution in [0.25, 0.3) is 0 Å². The Labute approximate surface area is 196 Å². The quantitative estimate of drug-likeness (QED) is 0.414. The lowest BCUT2D eigenvalue weighted by Crippen LogP contribution is -2.51. The standard InChI is InChI=1S/C24H21F7N2O2/c1-35-21-9-5-8-19(33-21)22(13-15-6-3-2-4-7-15,32-14-20(34)24(29,30)31)16-10-17(23(26,27)28)12-18(25)11-16/h2-12,20,32,34H,13-14H2,1H3/t20?,22-/m0/s1. The van der Waals surface area contributed by atoms with Crippen molar-refractivity contribution in [3.05, 3.63) is 94.9 Å². The molecule has 4 nitrogen and oxygen atoms in total. The predicted octanol–water partition coefficient (Wildman–Crippen LogP) is 5.25. The molecule has 35 heavy (non-hydrogen) atoms. The molecule has 2 N–H and O–H groups in total. The third-order valence-electron chi connectivity index (χ3n) is 5.37. The molecule has 0 radical (unpaired) electrons. The zero-order valence-corrected chi connectivity index (χ0v) is 18.3. The third-order valence-corrected chi connectivity index (χ3v) is 5.37. The predicted molar refractivity (Wildman–Crippen MR) is 113 cm³/mol. The average Bonchev–Trinajstić information content (AvgIpc) is 2.80. The second-order valence-electron chi connectivity index (χ2n) is 7.80. The molecule has 0 spiro atoms. The first-order valence-corrected chi connectivity index (χ1v) is 10.3. The number of aliphatic hydroxyl groups excluding tert-OH is 1. The largest absolute Gasteiger partial charge is 0.481 e. The summed E-state index contributed by atoms with van der Waals surface area (Å²) in [5.74, 6) is -1.21. The van der Waals surface area contributed by atoms with Crippen molar-refractivity contribution in [2.45, 2.75) is 30.4 Å². The van der Waals surface area contributed by atoms with Crippen molar-refractivity contribution in [2.75, 3.05) is 13.7 Å². The van der Waals surface area contributed by atoms with Gasteiger partial charge in [-0.1, -0.05) is 36.4 Å². The first-order chi connectivity index (χ1) is 16.3. The van der Waals surface area contributed by atoms with Gasteiger partial charge in [-0.2, -0.15) is 26.3 Å². The fraction of sp³-hybridized carbons (Fsp3) is 0.292. The van der Waals surface area contributed by atoms with Crippen LogP contribution in [-0.2, 0) is 18.1 Å². The Kier molecular flexibility index (Phi) is 7.71. The van der Waals surface area contributed by atoms with Crippen molar-refractivity contribution in [3.63, 3.8) is 0 Å². The molecule has 0 aliphatic rings. The Morgan fingerprint density at radius 2 is 1.57 bits per heavy atom. The van der Waals surface area contributed by atoms with Crippen LogP contribution in [0.1, 0.15) is 22.4 Å². The molecule has 3 aromatic rings. The highest BCUT2D eigenvalue weighted by molar-refractivity contribution is 5.42. The van der Waals surface area contributed by atoms with Gasteiger partial charge in [0.25, 0.3) is 0 Å². The molecule has 188 valence electrons. The number of benzene rings is 2. The van der Waals surface area contributed by atoms with E-state index >= 15 is 0 Å². The van der Waals surface area contributed by atoms with E-state index in [2.05, 4.69) is 10.3 Å². The average molecular weight is 502 g/mol. The van der Waals surface area contributed by atoms with Gasteiger partial charge in [-0.3, -0.25) is 5.32 Å². The number of alkyl halides is 6. The van der Waals surface area contributed by atoms with Gasteiger partial charge in [0.05, 0.1) is 23.9 Å². The summed E-state index contributed by atoms with van der Waals surface area (Å²) in [5, 5.41) is 12.2. The van der Waals surface area contributed by atoms with E-state index in [1.54, 1.807) is 30.3 Å². The fourth-order valence-corrected chi connectivity index (χ4v) is 3.65. The molecule has 0 aliphatic heterocycles.